The third-order valence-electron chi connectivity index (χ3n) is 4.40. The second-order valence-electron chi connectivity index (χ2n) is 5.81. The number of carbonyl (C=O) groups excluding carboxylic acids is 1. The fraction of sp³-hybridized carbons (Fsp3) is 0.500. The predicted molar refractivity (Wildman–Crippen MR) is 75.7 cm³/mol. The first-order chi connectivity index (χ1) is 9.76. The molecule has 3 rings (SSSR count). The molecule has 4 nitrogen and oxygen atoms in total. The molecule has 1 atom stereocenters. The number of likely N-dealkylation sites (tertiary alicyclic amines) is 2. The van der Waals surface area contributed by atoms with Gasteiger partial charge in [0.15, 0.2) is 6.19 Å². The molecule has 0 N–H and O–H groups in total. The van der Waals surface area contributed by atoms with Crippen molar-refractivity contribution in [2.45, 2.75) is 18.8 Å². The molecule has 0 unspecified atom stereocenters. The molecule has 1 aromatic rings. The van der Waals surface area contributed by atoms with Crippen molar-refractivity contribution < 1.29 is 4.79 Å². The molecule has 2 fully saturated rings. The largest absolute Gasteiger partial charge is 0.341 e. The maximum absolute atomic E-state index is 12.2. The highest BCUT2D eigenvalue weighted by Crippen LogP contribution is 2.29. The predicted octanol–water partition coefficient (Wildman–Crippen LogP) is 1.81. The Morgan fingerprint density at radius 1 is 1.25 bits per heavy atom. The molecule has 1 aromatic carbocycles. The maximum atomic E-state index is 12.2. The van der Waals surface area contributed by atoms with E-state index >= 15 is 0 Å². The quantitative estimate of drug-likeness (QED) is 0.786. The van der Waals surface area contributed by atoms with Gasteiger partial charge in [-0.1, -0.05) is 30.3 Å². The number of hydrogen-bond acceptors (Lipinski definition) is 3. The number of nitriles is 1. The zero-order valence-corrected chi connectivity index (χ0v) is 11.5. The Labute approximate surface area is 119 Å². The van der Waals surface area contributed by atoms with Crippen LogP contribution >= 0.6 is 0 Å². The first-order valence-corrected chi connectivity index (χ1v) is 7.23. The Morgan fingerprint density at radius 2 is 2.00 bits per heavy atom. The van der Waals surface area contributed by atoms with E-state index in [0.29, 0.717) is 18.3 Å². The lowest BCUT2D eigenvalue weighted by molar-refractivity contribution is -0.136. The topological polar surface area (TPSA) is 47.3 Å². The molecule has 0 spiro atoms. The van der Waals surface area contributed by atoms with Gasteiger partial charge in [0, 0.05) is 38.5 Å². The van der Waals surface area contributed by atoms with Crippen LogP contribution in [-0.4, -0.2) is 41.9 Å². The Bertz CT molecular complexity index is 516. The molecule has 2 aliphatic rings. The number of benzene rings is 1. The molecule has 2 saturated heterocycles. The molecule has 2 aliphatic heterocycles. The van der Waals surface area contributed by atoms with E-state index in [1.165, 1.54) is 5.56 Å². The summed E-state index contributed by atoms with van der Waals surface area (Å²) in [5, 5.41) is 8.83. The van der Waals surface area contributed by atoms with Crippen molar-refractivity contribution in [1.29, 1.82) is 5.26 Å². The van der Waals surface area contributed by atoms with E-state index in [9.17, 15) is 4.79 Å². The highest BCUT2D eigenvalue weighted by atomic mass is 16.2. The van der Waals surface area contributed by atoms with E-state index in [-0.39, 0.29) is 5.91 Å². The fourth-order valence-corrected chi connectivity index (χ4v) is 3.08. The molecule has 0 aliphatic carbocycles. The van der Waals surface area contributed by atoms with Crippen LogP contribution in [0.5, 0.6) is 0 Å². The summed E-state index contributed by atoms with van der Waals surface area (Å²) in [4.78, 5) is 15.9. The fourth-order valence-electron chi connectivity index (χ4n) is 3.08. The normalized spacial score (nSPS) is 22.4. The van der Waals surface area contributed by atoms with Crippen molar-refractivity contribution in [2.75, 3.05) is 26.2 Å². The summed E-state index contributed by atoms with van der Waals surface area (Å²) in [5.41, 5.74) is 1.33. The molecule has 0 aromatic heterocycles. The first kappa shape index (κ1) is 13.0. The third kappa shape index (κ3) is 2.62. The summed E-state index contributed by atoms with van der Waals surface area (Å²) in [6.07, 6.45) is 3.73. The Morgan fingerprint density at radius 3 is 2.65 bits per heavy atom. The van der Waals surface area contributed by atoms with Crippen LogP contribution in [0.1, 0.15) is 24.3 Å². The standard InChI is InChI=1S/C16H19N3O/c17-12-18-7-6-13(9-18)8-16(20)19-10-15(11-19)14-4-2-1-3-5-14/h1-5,13,15H,6-11H2/t13-/m0/s1. The molecule has 0 saturated carbocycles. The lowest BCUT2D eigenvalue weighted by atomic mass is 9.90. The molecule has 1 amide bonds. The van der Waals surface area contributed by atoms with Crippen molar-refractivity contribution >= 4 is 5.91 Å². The average Bonchev–Trinajstić information content (AvgIpc) is 2.86. The second kappa shape index (κ2) is 5.54. The summed E-state index contributed by atoms with van der Waals surface area (Å²) in [5.74, 6) is 1.11. The van der Waals surface area contributed by atoms with Gasteiger partial charge < -0.3 is 9.80 Å². The lowest BCUT2D eigenvalue weighted by Crippen LogP contribution is -2.48. The third-order valence-corrected chi connectivity index (χ3v) is 4.40. The summed E-state index contributed by atoms with van der Waals surface area (Å²) >= 11 is 0. The summed E-state index contributed by atoms with van der Waals surface area (Å²) < 4.78 is 0. The van der Waals surface area contributed by atoms with Crippen molar-refractivity contribution in [3.05, 3.63) is 35.9 Å². The Hall–Kier alpha value is -2.02. The second-order valence-corrected chi connectivity index (χ2v) is 5.81. The average molecular weight is 269 g/mol. The van der Waals surface area contributed by atoms with Gasteiger partial charge in [0.2, 0.25) is 5.91 Å². The molecular weight excluding hydrogens is 250 g/mol. The summed E-state index contributed by atoms with van der Waals surface area (Å²) in [7, 11) is 0. The van der Waals surface area contributed by atoms with Crippen LogP contribution in [0.15, 0.2) is 30.3 Å². The maximum Gasteiger partial charge on any atom is 0.222 e. The van der Waals surface area contributed by atoms with Gasteiger partial charge in [-0.25, -0.2) is 0 Å². The van der Waals surface area contributed by atoms with Gasteiger partial charge in [-0.2, -0.15) is 5.26 Å². The minimum atomic E-state index is 0.252. The highest BCUT2D eigenvalue weighted by molar-refractivity contribution is 5.77. The first-order valence-electron chi connectivity index (χ1n) is 7.23. The molecule has 2 heterocycles. The number of hydrogen-bond donors (Lipinski definition) is 0. The zero-order valence-electron chi connectivity index (χ0n) is 11.5. The molecule has 0 radical (unpaired) electrons. The molecular formula is C16H19N3O. The molecule has 20 heavy (non-hydrogen) atoms. The minimum Gasteiger partial charge on any atom is -0.341 e. The Balaban J connectivity index is 1.46. The number of nitrogens with zero attached hydrogens (tertiary/aromatic N) is 3. The van der Waals surface area contributed by atoms with Crippen LogP contribution in [0.4, 0.5) is 0 Å². The molecule has 104 valence electrons. The summed E-state index contributed by atoms with van der Waals surface area (Å²) in [6.45, 7) is 3.24. The van der Waals surface area contributed by atoms with Crippen molar-refractivity contribution in [3.8, 4) is 6.19 Å². The van der Waals surface area contributed by atoms with Crippen molar-refractivity contribution in [3.63, 3.8) is 0 Å². The lowest BCUT2D eigenvalue weighted by Gasteiger charge is -2.40. The van der Waals surface area contributed by atoms with Crippen LogP contribution in [0, 0.1) is 17.4 Å². The van der Waals surface area contributed by atoms with Crippen LogP contribution in [0.3, 0.4) is 0 Å². The van der Waals surface area contributed by atoms with E-state index in [0.717, 1.165) is 32.6 Å². The van der Waals surface area contributed by atoms with Crippen molar-refractivity contribution in [2.24, 2.45) is 5.92 Å². The SMILES string of the molecule is N#CN1CC[C@@H](CC(=O)N2CC(c3ccccc3)C2)C1. The van der Waals surface area contributed by atoms with E-state index in [2.05, 4.69) is 30.5 Å². The van der Waals surface area contributed by atoms with E-state index in [4.69, 9.17) is 5.26 Å². The zero-order chi connectivity index (χ0) is 13.9. The highest BCUT2D eigenvalue weighted by Gasteiger charge is 2.33. The van der Waals surface area contributed by atoms with Gasteiger partial charge in [-0.15, -0.1) is 0 Å². The monoisotopic (exact) mass is 269 g/mol. The van der Waals surface area contributed by atoms with Crippen LogP contribution in [0.25, 0.3) is 0 Å². The van der Waals surface area contributed by atoms with Crippen LogP contribution < -0.4 is 0 Å². The van der Waals surface area contributed by atoms with Crippen LogP contribution in [-0.2, 0) is 4.79 Å². The molecule has 4 heteroatoms. The number of rotatable bonds is 3. The van der Waals surface area contributed by atoms with E-state index in [1.54, 1.807) is 4.90 Å². The van der Waals surface area contributed by atoms with Gasteiger partial charge in [-0.05, 0) is 17.9 Å². The number of amides is 1. The van der Waals surface area contributed by atoms with Crippen molar-refractivity contribution in [1.82, 2.24) is 9.80 Å². The molecule has 0 bridgehead atoms. The Kier molecular flexibility index (Phi) is 3.60. The van der Waals surface area contributed by atoms with Gasteiger partial charge in [0.05, 0.1) is 0 Å². The van der Waals surface area contributed by atoms with Gasteiger partial charge in [0.25, 0.3) is 0 Å². The van der Waals surface area contributed by atoms with E-state index < -0.39 is 0 Å². The number of carbonyl (C=O) groups is 1. The minimum absolute atomic E-state index is 0.252. The van der Waals surface area contributed by atoms with Crippen LogP contribution in [0.2, 0.25) is 0 Å². The summed E-state index contributed by atoms with van der Waals surface area (Å²) in [6, 6.07) is 10.4. The van der Waals surface area contributed by atoms with E-state index in [1.807, 2.05) is 11.0 Å². The van der Waals surface area contributed by atoms with Gasteiger partial charge in [-0.3, -0.25) is 4.79 Å². The smallest absolute Gasteiger partial charge is 0.222 e. The van der Waals surface area contributed by atoms with Gasteiger partial charge >= 0.3 is 0 Å². The van der Waals surface area contributed by atoms with Gasteiger partial charge in [0.1, 0.15) is 0 Å².